The van der Waals surface area contributed by atoms with E-state index in [1.54, 1.807) is 0 Å². The van der Waals surface area contributed by atoms with Gasteiger partial charge in [0, 0.05) is 20.1 Å². The average molecular weight is 359 g/mol. The molecule has 0 fully saturated rings. The van der Waals surface area contributed by atoms with Crippen molar-refractivity contribution in [2.24, 2.45) is 0 Å². The molecular formula is C12H13Br2N3. The molecule has 0 bridgehead atoms. The molecule has 0 spiro atoms. The number of aromatic nitrogens is 2. The second kappa shape index (κ2) is 5.23. The number of hydrogen-bond donors (Lipinski definition) is 2. The van der Waals surface area contributed by atoms with Gasteiger partial charge in [0.15, 0.2) is 0 Å². The van der Waals surface area contributed by atoms with Crippen molar-refractivity contribution in [2.45, 2.75) is 19.8 Å². The smallest absolute Gasteiger partial charge is 0.149 e. The normalized spacial score (nSPS) is 10.8. The highest BCUT2D eigenvalue weighted by atomic mass is 79.9. The van der Waals surface area contributed by atoms with Crippen LogP contribution in [0.15, 0.2) is 27.1 Å². The number of rotatable bonds is 3. The van der Waals surface area contributed by atoms with Gasteiger partial charge in [-0.3, -0.25) is 5.10 Å². The Morgan fingerprint density at radius 2 is 2.12 bits per heavy atom. The lowest BCUT2D eigenvalue weighted by Gasteiger charge is -2.06. The van der Waals surface area contributed by atoms with Crippen LogP contribution in [0.2, 0.25) is 0 Å². The van der Waals surface area contributed by atoms with E-state index >= 15 is 0 Å². The maximum Gasteiger partial charge on any atom is 0.149 e. The van der Waals surface area contributed by atoms with E-state index in [1.807, 2.05) is 18.2 Å². The maximum absolute atomic E-state index is 5.88. The summed E-state index contributed by atoms with van der Waals surface area (Å²) in [7, 11) is 0. The summed E-state index contributed by atoms with van der Waals surface area (Å²) >= 11 is 7.00. The summed E-state index contributed by atoms with van der Waals surface area (Å²) in [5.41, 5.74) is 9.06. The Bertz CT molecular complexity index is 535. The Hall–Kier alpha value is -0.810. The fourth-order valence-electron chi connectivity index (χ4n) is 1.80. The third kappa shape index (κ3) is 2.55. The molecule has 2 rings (SSSR count). The molecule has 0 radical (unpaired) electrons. The quantitative estimate of drug-likeness (QED) is 0.866. The number of hydrogen-bond acceptors (Lipinski definition) is 2. The second-order valence-electron chi connectivity index (χ2n) is 3.84. The zero-order valence-electron chi connectivity index (χ0n) is 9.43. The highest BCUT2D eigenvalue weighted by Crippen LogP contribution is 2.33. The van der Waals surface area contributed by atoms with Crippen molar-refractivity contribution in [1.29, 1.82) is 0 Å². The molecule has 17 heavy (non-hydrogen) atoms. The Balaban J connectivity index is 2.52. The predicted molar refractivity (Wildman–Crippen MR) is 77.8 cm³/mol. The van der Waals surface area contributed by atoms with Crippen LogP contribution in [0, 0.1) is 0 Å². The summed E-state index contributed by atoms with van der Waals surface area (Å²) in [6.07, 6.45) is 1.98. The Morgan fingerprint density at radius 1 is 1.35 bits per heavy atom. The molecule has 0 aliphatic carbocycles. The molecule has 1 aromatic heterocycles. The van der Waals surface area contributed by atoms with Gasteiger partial charge in [-0.15, -0.1) is 0 Å². The number of aromatic amines is 1. The van der Waals surface area contributed by atoms with Gasteiger partial charge in [-0.25, -0.2) is 0 Å². The van der Waals surface area contributed by atoms with Crippen LogP contribution < -0.4 is 5.73 Å². The predicted octanol–water partition coefficient (Wildman–Crippen LogP) is 4.14. The van der Waals surface area contributed by atoms with Gasteiger partial charge in [-0.05, 0) is 18.6 Å². The fraction of sp³-hybridized carbons (Fsp3) is 0.250. The SMILES string of the molecule is CCCc1c(N)n[nH]c1-c1ccc(Br)cc1Br. The van der Waals surface area contributed by atoms with E-state index < -0.39 is 0 Å². The van der Waals surface area contributed by atoms with Crippen LogP contribution >= 0.6 is 31.9 Å². The molecule has 0 saturated carbocycles. The first kappa shape index (κ1) is 12.6. The summed E-state index contributed by atoms with van der Waals surface area (Å²) < 4.78 is 2.06. The van der Waals surface area contributed by atoms with E-state index in [2.05, 4.69) is 49.0 Å². The Morgan fingerprint density at radius 3 is 2.76 bits per heavy atom. The summed E-state index contributed by atoms with van der Waals surface area (Å²) in [4.78, 5) is 0. The molecule has 0 saturated heterocycles. The molecule has 0 unspecified atom stereocenters. The van der Waals surface area contributed by atoms with Crippen LogP contribution in [-0.4, -0.2) is 10.2 Å². The third-order valence-corrected chi connectivity index (χ3v) is 3.75. The topological polar surface area (TPSA) is 54.7 Å². The number of nitrogens with zero attached hydrogens (tertiary/aromatic N) is 1. The van der Waals surface area contributed by atoms with E-state index in [4.69, 9.17) is 5.73 Å². The molecular weight excluding hydrogens is 346 g/mol. The van der Waals surface area contributed by atoms with Gasteiger partial charge in [-0.1, -0.05) is 51.3 Å². The lowest BCUT2D eigenvalue weighted by atomic mass is 10.0. The first-order chi connectivity index (χ1) is 8.13. The first-order valence-corrected chi connectivity index (χ1v) is 7.00. The van der Waals surface area contributed by atoms with Crippen molar-refractivity contribution in [1.82, 2.24) is 10.2 Å². The van der Waals surface area contributed by atoms with Crippen LogP contribution in [0.5, 0.6) is 0 Å². The Kier molecular flexibility index (Phi) is 3.89. The summed E-state index contributed by atoms with van der Waals surface area (Å²) in [5.74, 6) is 0.594. The van der Waals surface area contributed by atoms with Crippen LogP contribution in [-0.2, 0) is 6.42 Å². The minimum Gasteiger partial charge on any atom is -0.382 e. The average Bonchev–Trinajstić information content (AvgIpc) is 2.62. The summed E-state index contributed by atoms with van der Waals surface area (Å²) in [5, 5.41) is 7.11. The number of nitrogens with two attached hydrogens (primary N) is 1. The minimum atomic E-state index is 0.594. The molecule has 1 aromatic carbocycles. The zero-order valence-corrected chi connectivity index (χ0v) is 12.6. The van der Waals surface area contributed by atoms with Crippen molar-refractivity contribution < 1.29 is 0 Å². The molecule has 1 heterocycles. The monoisotopic (exact) mass is 357 g/mol. The number of anilines is 1. The van der Waals surface area contributed by atoms with E-state index in [9.17, 15) is 0 Å². The highest BCUT2D eigenvalue weighted by molar-refractivity contribution is 9.11. The minimum absolute atomic E-state index is 0.594. The summed E-state index contributed by atoms with van der Waals surface area (Å²) in [6.45, 7) is 2.13. The Labute approximate surface area is 117 Å². The molecule has 0 atom stereocenters. The van der Waals surface area contributed by atoms with Crippen LogP contribution in [0.3, 0.4) is 0 Å². The van der Waals surface area contributed by atoms with Gasteiger partial charge >= 0.3 is 0 Å². The summed E-state index contributed by atoms with van der Waals surface area (Å²) in [6, 6.07) is 6.06. The van der Waals surface area contributed by atoms with Crippen molar-refractivity contribution >= 4 is 37.7 Å². The highest BCUT2D eigenvalue weighted by Gasteiger charge is 2.14. The number of halogens is 2. The van der Waals surface area contributed by atoms with Crippen molar-refractivity contribution in [3.8, 4) is 11.3 Å². The van der Waals surface area contributed by atoms with E-state index in [0.29, 0.717) is 5.82 Å². The van der Waals surface area contributed by atoms with Crippen molar-refractivity contribution in [3.63, 3.8) is 0 Å². The van der Waals surface area contributed by atoms with Crippen molar-refractivity contribution in [2.75, 3.05) is 5.73 Å². The molecule has 0 aliphatic heterocycles. The zero-order chi connectivity index (χ0) is 12.4. The molecule has 5 heteroatoms. The molecule has 0 aliphatic rings. The van der Waals surface area contributed by atoms with Crippen LogP contribution in [0.4, 0.5) is 5.82 Å². The van der Waals surface area contributed by atoms with Gasteiger partial charge in [0.2, 0.25) is 0 Å². The van der Waals surface area contributed by atoms with E-state index in [1.165, 1.54) is 0 Å². The number of nitrogen functional groups attached to an aromatic ring is 1. The second-order valence-corrected chi connectivity index (χ2v) is 5.61. The number of nitrogens with one attached hydrogen (secondary N) is 1. The fourth-order valence-corrected chi connectivity index (χ4v) is 3.04. The van der Waals surface area contributed by atoms with Gasteiger partial charge in [0.1, 0.15) is 5.82 Å². The standard InChI is InChI=1S/C12H13Br2N3/c1-2-3-9-11(16-17-12(9)15)8-5-4-7(13)6-10(8)14/h4-6H,2-3H2,1H3,(H3,15,16,17). The van der Waals surface area contributed by atoms with Crippen LogP contribution in [0.1, 0.15) is 18.9 Å². The van der Waals surface area contributed by atoms with Crippen LogP contribution in [0.25, 0.3) is 11.3 Å². The maximum atomic E-state index is 5.88. The number of benzene rings is 1. The molecule has 90 valence electrons. The molecule has 3 N–H and O–H groups in total. The number of H-pyrrole nitrogens is 1. The lowest BCUT2D eigenvalue weighted by molar-refractivity contribution is 0.927. The largest absolute Gasteiger partial charge is 0.382 e. The first-order valence-electron chi connectivity index (χ1n) is 5.41. The van der Waals surface area contributed by atoms with E-state index in [-0.39, 0.29) is 0 Å². The third-order valence-electron chi connectivity index (χ3n) is 2.60. The van der Waals surface area contributed by atoms with Gasteiger partial charge in [-0.2, -0.15) is 5.10 Å². The lowest BCUT2D eigenvalue weighted by Crippen LogP contribution is -1.93. The van der Waals surface area contributed by atoms with Gasteiger partial charge in [0.25, 0.3) is 0 Å². The van der Waals surface area contributed by atoms with Gasteiger partial charge < -0.3 is 5.73 Å². The van der Waals surface area contributed by atoms with Crippen molar-refractivity contribution in [3.05, 3.63) is 32.7 Å². The van der Waals surface area contributed by atoms with Gasteiger partial charge in [0.05, 0.1) is 5.69 Å². The molecule has 2 aromatic rings. The van der Waals surface area contributed by atoms with E-state index in [0.717, 1.165) is 38.6 Å². The molecule has 3 nitrogen and oxygen atoms in total. The molecule has 0 amide bonds.